The van der Waals surface area contributed by atoms with Crippen molar-refractivity contribution in [3.63, 3.8) is 0 Å². The molecule has 0 aromatic rings. The van der Waals surface area contributed by atoms with Gasteiger partial charge in [0, 0.05) is 0 Å². The summed E-state index contributed by atoms with van der Waals surface area (Å²) in [6.07, 6.45) is 0. The Kier molecular flexibility index (Phi) is 2.88. The molecule has 0 radical (unpaired) electrons. The average Bonchev–Trinajstić information content (AvgIpc) is 1.27. The van der Waals surface area contributed by atoms with Crippen LogP contribution in [0.5, 0.6) is 0 Å². The summed E-state index contributed by atoms with van der Waals surface area (Å²) in [5, 5.41) is 0. The lowest BCUT2D eigenvalue weighted by atomic mass is 10.6. The maximum absolute atomic E-state index is 9.98. The van der Waals surface area contributed by atoms with E-state index < -0.39 is 0 Å². The fourth-order valence-electron chi connectivity index (χ4n) is 0.246. The Morgan fingerprint density at radius 2 is 2.43 bits per heavy atom. The van der Waals surface area contributed by atoms with Crippen molar-refractivity contribution in [2.75, 3.05) is 13.6 Å². The average molecular weight is 120 g/mol. The molecule has 4 heteroatoms. The number of rotatable bonds is 2. The number of primary amides is 1. The smallest absolute Gasteiger partial charge is 0.231 e. The lowest BCUT2D eigenvalue weighted by Crippen LogP contribution is -2.23. The van der Waals surface area contributed by atoms with Crippen molar-refractivity contribution in [1.29, 1.82) is 0 Å². The molecule has 42 valence electrons. The molecule has 0 aliphatic carbocycles. The Morgan fingerprint density at radius 1 is 2.00 bits per heavy atom. The summed E-state index contributed by atoms with van der Waals surface area (Å²) in [6.45, 7) is 0.296. The van der Waals surface area contributed by atoms with E-state index in [9.17, 15) is 4.79 Å². The van der Waals surface area contributed by atoms with Gasteiger partial charge in [0.2, 0.25) is 5.91 Å². The van der Waals surface area contributed by atoms with Gasteiger partial charge < -0.3 is 5.73 Å². The zero-order chi connectivity index (χ0) is 5.86. The molecule has 2 N–H and O–H groups in total. The van der Waals surface area contributed by atoms with Crippen molar-refractivity contribution < 1.29 is 4.79 Å². The van der Waals surface area contributed by atoms with Gasteiger partial charge in [-0.2, -0.15) is 0 Å². The van der Waals surface area contributed by atoms with Crippen molar-refractivity contribution >= 4 is 15.3 Å². The van der Waals surface area contributed by atoms with E-state index in [1.165, 1.54) is 0 Å². The van der Waals surface area contributed by atoms with Crippen molar-refractivity contribution in [2.45, 2.75) is 0 Å². The first-order valence-corrected chi connectivity index (χ1v) is 2.38. The van der Waals surface area contributed by atoms with Crippen molar-refractivity contribution in [1.82, 2.24) is 4.67 Å². The first-order chi connectivity index (χ1) is 3.13. The van der Waals surface area contributed by atoms with Gasteiger partial charge in [0.1, 0.15) is 0 Å². The van der Waals surface area contributed by atoms with E-state index in [1.54, 1.807) is 11.7 Å². The number of carbonyl (C=O) groups is 1. The molecule has 0 saturated heterocycles. The zero-order valence-corrected chi connectivity index (χ0v) is 5.37. The van der Waals surface area contributed by atoms with Gasteiger partial charge in [-0.1, -0.05) is 9.39 Å². The van der Waals surface area contributed by atoms with Gasteiger partial charge in [-0.3, -0.25) is 9.46 Å². The molecule has 0 rings (SSSR count). The van der Waals surface area contributed by atoms with Crippen LogP contribution in [-0.4, -0.2) is 24.2 Å². The fraction of sp³-hybridized carbons (Fsp3) is 0.667. The molecule has 7 heavy (non-hydrogen) atoms. The number of likely N-dealkylation sites (N-methyl/N-ethyl adjacent to an activating group) is 1. The van der Waals surface area contributed by atoms with Gasteiger partial charge in [-0.25, -0.2) is 0 Å². The van der Waals surface area contributed by atoms with Gasteiger partial charge in [0.15, 0.2) is 0 Å². The SMILES string of the molecule is CN(P)CC(N)=O. The summed E-state index contributed by atoms with van der Waals surface area (Å²) in [5.41, 5.74) is 4.80. The van der Waals surface area contributed by atoms with Crippen LogP contribution >= 0.6 is 9.39 Å². The predicted octanol–water partition coefficient (Wildman–Crippen LogP) is -0.806. The summed E-state index contributed by atoms with van der Waals surface area (Å²) in [5.74, 6) is -0.308. The third kappa shape index (κ3) is 5.86. The zero-order valence-electron chi connectivity index (χ0n) is 4.22. The molecule has 0 aromatic heterocycles. The fourth-order valence-corrected chi connectivity index (χ4v) is 0.426. The predicted molar refractivity (Wildman–Crippen MR) is 31.5 cm³/mol. The number of nitrogens with zero attached hydrogens (tertiary/aromatic N) is 1. The van der Waals surface area contributed by atoms with E-state index in [1.807, 2.05) is 0 Å². The maximum atomic E-state index is 9.98. The van der Waals surface area contributed by atoms with Crippen molar-refractivity contribution in [2.24, 2.45) is 5.73 Å². The molecule has 0 fully saturated rings. The molecule has 0 heterocycles. The summed E-state index contributed by atoms with van der Waals surface area (Å²) in [4.78, 5) is 9.98. The molecule has 0 aromatic carbocycles. The number of hydrogen-bond acceptors (Lipinski definition) is 2. The molecule has 0 bridgehead atoms. The second kappa shape index (κ2) is 2.94. The Bertz CT molecular complexity index is 73.3. The van der Waals surface area contributed by atoms with E-state index in [0.29, 0.717) is 6.54 Å². The van der Waals surface area contributed by atoms with Crippen LogP contribution in [0.4, 0.5) is 0 Å². The van der Waals surface area contributed by atoms with Gasteiger partial charge >= 0.3 is 0 Å². The van der Waals surface area contributed by atoms with Crippen molar-refractivity contribution in [3.8, 4) is 0 Å². The molecule has 1 unspecified atom stereocenters. The quantitative estimate of drug-likeness (QED) is 0.484. The third-order valence-corrected chi connectivity index (χ3v) is 0.588. The Morgan fingerprint density at radius 3 is 2.43 bits per heavy atom. The van der Waals surface area contributed by atoms with Crippen LogP contribution in [0.25, 0.3) is 0 Å². The van der Waals surface area contributed by atoms with Crippen LogP contribution in [0.2, 0.25) is 0 Å². The van der Waals surface area contributed by atoms with Gasteiger partial charge in [-0.05, 0) is 7.05 Å². The molecule has 1 atom stereocenters. The number of nitrogens with two attached hydrogens (primary N) is 1. The van der Waals surface area contributed by atoms with Gasteiger partial charge in [0.05, 0.1) is 6.54 Å². The lowest BCUT2D eigenvalue weighted by molar-refractivity contribution is -0.117. The highest BCUT2D eigenvalue weighted by molar-refractivity contribution is 7.13. The summed E-state index contributed by atoms with van der Waals surface area (Å²) >= 11 is 0. The third-order valence-electron chi connectivity index (χ3n) is 0.405. The minimum atomic E-state index is -0.308. The van der Waals surface area contributed by atoms with E-state index in [2.05, 4.69) is 9.39 Å². The van der Waals surface area contributed by atoms with Crippen LogP contribution in [-0.2, 0) is 4.79 Å². The molecular formula is C3H9N2OP. The van der Waals surface area contributed by atoms with E-state index in [0.717, 1.165) is 0 Å². The van der Waals surface area contributed by atoms with Crippen molar-refractivity contribution in [3.05, 3.63) is 0 Å². The van der Waals surface area contributed by atoms with E-state index in [4.69, 9.17) is 5.73 Å². The highest BCUT2D eigenvalue weighted by atomic mass is 31.0. The van der Waals surface area contributed by atoms with Crippen LogP contribution in [0.3, 0.4) is 0 Å². The highest BCUT2D eigenvalue weighted by Crippen LogP contribution is 1.87. The normalized spacial score (nSPS) is 9.57. The van der Waals surface area contributed by atoms with Gasteiger partial charge in [-0.15, -0.1) is 0 Å². The Labute approximate surface area is 45.1 Å². The monoisotopic (exact) mass is 120 g/mol. The van der Waals surface area contributed by atoms with Crippen LogP contribution in [0.1, 0.15) is 0 Å². The largest absolute Gasteiger partial charge is 0.369 e. The van der Waals surface area contributed by atoms with Crippen LogP contribution in [0, 0.1) is 0 Å². The summed E-state index contributed by atoms with van der Waals surface area (Å²) in [7, 11) is 4.09. The Hall–Kier alpha value is -0.140. The highest BCUT2D eigenvalue weighted by Gasteiger charge is 1.92. The molecule has 1 amide bonds. The Balaban J connectivity index is 3.13. The molecule has 3 nitrogen and oxygen atoms in total. The minimum Gasteiger partial charge on any atom is -0.369 e. The number of amides is 1. The van der Waals surface area contributed by atoms with E-state index in [-0.39, 0.29) is 5.91 Å². The lowest BCUT2D eigenvalue weighted by Gasteiger charge is -2.02. The summed E-state index contributed by atoms with van der Waals surface area (Å²) < 4.78 is 1.64. The molecule has 0 aliphatic rings. The first-order valence-electron chi connectivity index (χ1n) is 1.87. The standard InChI is InChI=1S/C3H9N2OP/c1-5(7)2-3(4)6/h2,7H2,1H3,(H2,4,6). The molecule has 0 saturated carbocycles. The maximum Gasteiger partial charge on any atom is 0.231 e. The second-order valence-electron chi connectivity index (χ2n) is 1.38. The topological polar surface area (TPSA) is 46.3 Å². The van der Waals surface area contributed by atoms with Crippen LogP contribution < -0.4 is 5.73 Å². The minimum absolute atomic E-state index is 0.296. The molecular weight excluding hydrogens is 111 g/mol. The van der Waals surface area contributed by atoms with Gasteiger partial charge in [0.25, 0.3) is 0 Å². The first kappa shape index (κ1) is 6.86. The number of carbonyl (C=O) groups excluding carboxylic acids is 1. The second-order valence-corrected chi connectivity index (χ2v) is 2.26. The molecule has 0 spiro atoms. The number of hydrogen-bond donors (Lipinski definition) is 1. The molecule has 0 aliphatic heterocycles. The summed E-state index contributed by atoms with van der Waals surface area (Å²) in [6, 6.07) is 0. The van der Waals surface area contributed by atoms with E-state index >= 15 is 0 Å². The van der Waals surface area contributed by atoms with Crippen LogP contribution in [0.15, 0.2) is 0 Å².